The maximum atomic E-state index is 11.7. The first-order valence-electron chi connectivity index (χ1n) is 4.99. The normalized spacial score (nSPS) is 22.6. The van der Waals surface area contributed by atoms with Crippen LogP contribution in [-0.2, 0) is 19.1 Å². The fraction of sp³-hybridized carbons (Fsp3) is 0.455. The van der Waals surface area contributed by atoms with Gasteiger partial charge in [0.05, 0.1) is 19.8 Å². The van der Waals surface area contributed by atoms with Gasteiger partial charge < -0.3 is 14.8 Å². The summed E-state index contributed by atoms with van der Waals surface area (Å²) in [4.78, 5) is 23.0. The Hall–Kier alpha value is -1.78. The second-order valence-electron chi connectivity index (χ2n) is 3.84. The zero-order chi connectivity index (χ0) is 11.8. The van der Waals surface area contributed by atoms with Crippen LogP contribution >= 0.6 is 0 Å². The summed E-state index contributed by atoms with van der Waals surface area (Å²) >= 11 is 0. The lowest BCUT2D eigenvalue weighted by Crippen LogP contribution is -2.41. The first-order chi connectivity index (χ1) is 7.60. The van der Waals surface area contributed by atoms with Crippen molar-refractivity contribution < 1.29 is 19.1 Å². The van der Waals surface area contributed by atoms with Crippen LogP contribution in [0.25, 0.3) is 0 Å². The number of methoxy groups -OCH3 is 2. The largest absolute Gasteiger partial charge is 0.493 e. The fourth-order valence-electron chi connectivity index (χ4n) is 1.99. The molecule has 1 heterocycles. The van der Waals surface area contributed by atoms with Gasteiger partial charge in [-0.05, 0) is 18.6 Å². The highest BCUT2D eigenvalue weighted by Gasteiger charge is 2.40. The van der Waals surface area contributed by atoms with E-state index < -0.39 is 5.54 Å². The van der Waals surface area contributed by atoms with Gasteiger partial charge in [-0.15, -0.1) is 0 Å². The van der Waals surface area contributed by atoms with E-state index in [4.69, 9.17) is 9.47 Å². The third-order valence-electron chi connectivity index (χ3n) is 2.80. The number of nitrogens with one attached hydrogen (secondary N) is 1. The number of Topliss-reactive ketones (excluding diaryl/α,β-unsaturated/α-hetero) is 1. The Labute approximate surface area is 93.1 Å². The minimum Gasteiger partial charge on any atom is -0.493 e. The van der Waals surface area contributed by atoms with E-state index in [0.29, 0.717) is 12.8 Å². The Morgan fingerprint density at radius 3 is 2.12 bits per heavy atom. The van der Waals surface area contributed by atoms with Crippen LogP contribution in [0.4, 0.5) is 0 Å². The Balaban J connectivity index is 2.40. The van der Waals surface area contributed by atoms with Gasteiger partial charge in [-0.3, -0.25) is 9.59 Å². The second-order valence-corrected chi connectivity index (χ2v) is 3.84. The van der Waals surface area contributed by atoms with Gasteiger partial charge in [0.15, 0.2) is 11.5 Å². The summed E-state index contributed by atoms with van der Waals surface area (Å²) in [5, 5.41) is 2.81. The van der Waals surface area contributed by atoms with E-state index in [1.165, 1.54) is 14.2 Å². The molecule has 0 unspecified atom stereocenters. The number of hydrogen-bond acceptors (Lipinski definition) is 4. The molecule has 1 amide bonds. The Morgan fingerprint density at radius 1 is 1.19 bits per heavy atom. The molecule has 5 heteroatoms. The molecule has 0 bridgehead atoms. The third kappa shape index (κ3) is 1.58. The summed E-state index contributed by atoms with van der Waals surface area (Å²) in [7, 11) is 2.85. The molecule has 86 valence electrons. The molecule has 0 aromatic rings. The maximum absolute atomic E-state index is 11.7. The molecular formula is C11H13NO4. The van der Waals surface area contributed by atoms with Crippen molar-refractivity contribution in [2.45, 2.75) is 18.4 Å². The molecule has 0 radical (unpaired) electrons. The zero-order valence-corrected chi connectivity index (χ0v) is 9.20. The smallest absolute Gasteiger partial charge is 0.261 e. The maximum Gasteiger partial charge on any atom is 0.261 e. The summed E-state index contributed by atoms with van der Waals surface area (Å²) in [5.74, 6) is 0.0904. The number of ether oxygens (including phenoxy) is 2. The second kappa shape index (κ2) is 3.66. The SMILES string of the molecule is COC1=CC2(C=C(OC)C1=O)CCC(=O)N2. The molecule has 0 saturated carbocycles. The van der Waals surface area contributed by atoms with Crippen LogP contribution < -0.4 is 5.32 Å². The number of amides is 1. The van der Waals surface area contributed by atoms with Gasteiger partial charge in [0.25, 0.3) is 5.78 Å². The minimum atomic E-state index is -0.623. The van der Waals surface area contributed by atoms with Gasteiger partial charge in [-0.1, -0.05) is 0 Å². The molecular weight excluding hydrogens is 210 g/mol. The van der Waals surface area contributed by atoms with Gasteiger partial charge in [0.1, 0.15) is 0 Å². The summed E-state index contributed by atoms with van der Waals surface area (Å²) < 4.78 is 9.99. The summed E-state index contributed by atoms with van der Waals surface area (Å²) in [6.45, 7) is 0. The van der Waals surface area contributed by atoms with Gasteiger partial charge in [0.2, 0.25) is 5.91 Å². The first kappa shape index (κ1) is 10.7. The van der Waals surface area contributed by atoms with Gasteiger partial charge in [-0.25, -0.2) is 0 Å². The van der Waals surface area contributed by atoms with Gasteiger partial charge >= 0.3 is 0 Å². The van der Waals surface area contributed by atoms with Crippen molar-refractivity contribution in [3.8, 4) is 0 Å². The van der Waals surface area contributed by atoms with Crippen LogP contribution in [0.15, 0.2) is 23.7 Å². The van der Waals surface area contributed by atoms with Crippen LogP contribution in [0, 0.1) is 0 Å². The average molecular weight is 223 g/mol. The molecule has 1 N–H and O–H groups in total. The van der Waals surface area contributed by atoms with E-state index in [9.17, 15) is 9.59 Å². The van der Waals surface area contributed by atoms with E-state index >= 15 is 0 Å². The predicted molar refractivity (Wildman–Crippen MR) is 55.3 cm³/mol. The Kier molecular flexibility index (Phi) is 2.46. The topological polar surface area (TPSA) is 64.6 Å². The number of carbonyl (C=O) groups is 2. The van der Waals surface area contributed by atoms with E-state index in [-0.39, 0.29) is 23.2 Å². The van der Waals surface area contributed by atoms with E-state index in [2.05, 4.69) is 5.32 Å². The standard InChI is InChI=1S/C11H13NO4/c1-15-7-5-11(4-3-9(13)12-11)6-8(16-2)10(7)14/h5-6H,3-4H2,1-2H3,(H,12,13). The van der Waals surface area contributed by atoms with Crippen molar-refractivity contribution in [3.05, 3.63) is 23.7 Å². The number of ketones is 1. The monoisotopic (exact) mass is 223 g/mol. The molecule has 5 nitrogen and oxygen atoms in total. The molecule has 1 aliphatic carbocycles. The van der Waals surface area contributed by atoms with Gasteiger partial charge in [-0.2, -0.15) is 0 Å². The predicted octanol–water partition coefficient (Wildman–Crippen LogP) is 0.279. The average Bonchev–Trinajstić information content (AvgIpc) is 2.63. The minimum absolute atomic E-state index is 0.0345. The van der Waals surface area contributed by atoms with Crippen molar-refractivity contribution >= 4 is 11.7 Å². The molecule has 1 saturated heterocycles. The molecule has 1 spiro atoms. The molecule has 16 heavy (non-hydrogen) atoms. The van der Waals surface area contributed by atoms with E-state index in [1.807, 2.05) is 0 Å². The Bertz CT molecular complexity index is 384. The summed E-state index contributed by atoms with van der Waals surface area (Å²) in [6, 6.07) is 0. The summed E-state index contributed by atoms with van der Waals surface area (Å²) in [5.41, 5.74) is -0.623. The number of carbonyl (C=O) groups excluding carboxylic acids is 2. The molecule has 0 atom stereocenters. The van der Waals surface area contributed by atoms with Gasteiger partial charge in [0, 0.05) is 6.42 Å². The van der Waals surface area contributed by atoms with Crippen LogP contribution in [0.3, 0.4) is 0 Å². The third-order valence-corrected chi connectivity index (χ3v) is 2.80. The quantitative estimate of drug-likeness (QED) is 0.730. The van der Waals surface area contributed by atoms with Crippen molar-refractivity contribution in [3.63, 3.8) is 0 Å². The van der Waals surface area contributed by atoms with Crippen LogP contribution in [0.2, 0.25) is 0 Å². The van der Waals surface area contributed by atoms with Crippen LogP contribution in [0.5, 0.6) is 0 Å². The lowest BCUT2D eigenvalue weighted by Gasteiger charge is -2.27. The Morgan fingerprint density at radius 2 is 1.75 bits per heavy atom. The fourth-order valence-corrected chi connectivity index (χ4v) is 1.99. The first-order valence-corrected chi connectivity index (χ1v) is 4.99. The lowest BCUT2D eigenvalue weighted by atomic mass is 9.90. The highest BCUT2D eigenvalue weighted by atomic mass is 16.5. The lowest BCUT2D eigenvalue weighted by molar-refractivity contribution is -0.120. The molecule has 0 aromatic heterocycles. The highest BCUT2D eigenvalue weighted by molar-refractivity contribution is 6.07. The number of rotatable bonds is 2. The number of hydrogen-bond donors (Lipinski definition) is 1. The van der Waals surface area contributed by atoms with Crippen molar-refractivity contribution in [1.82, 2.24) is 5.32 Å². The van der Waals surface area contributed by atoms with E-state index in [0.717, 1.165) is 0 Å². The van der Waals surface area contributed by atoms with Crippen LogP contribution in [-0.4, -0.2) is 31.4 Å². The van der Waals surface area contributed by atoms with Crippen molar-refractivity contribution in [2.75, 3.05) is 14.2 Å². The summed E-state index contributed by atoms with van der Waals surface area (Å²) in [6.07, 6.45) is 4.33. The highest BCUT2D eigenvalue weighted by Crippen LogP contribution is 2.31. The van der Waals surface area contributed by atoms with Crippen molar-refractivity contribution in [2.24, 2.45) is 0 Å². The molecule has 2 rings (SSSR count). The molecule has 0 aromatic carbocycles. The molecule has 2 aliphatic rings. The molecule has 1 fully saturated rings. The van der Waals surface area contributed by atoms with Crippen molar-refractivity contribution in [1.29, 1.82) is 0 Å². The molecule has 1 aliphatic heterocycles. The van der Waals surface area contributed by atoms with E-state index in [1.54, 1.807) is 12.2 Å². The zero-order valence-electron chi connectivity index (χ0n) is 9.20. The van der Waals surface area contributed by atoms with Crippen LogP contribution in [0.1, 0.15) is 12.8 Å².